The van der Waals surface area contributed by atoms with Gasteiger partial charge >= 0.3 is 18.0 Å². The van der Waals surface area contributed by atoms with Crippen LogP contribution >= 0.6 is 0 Å². The molecule has 6 amide bonds. The van der Waals surface area contributed by atoms with Crippen LogP contribution in [0.2, 0.25) is 0 Å². The molecule has 2 aromatic rings. The lowest BCUT2D eigenvalue weighted by Crippen LogP contribution is -2.63. The van der Waals surface area contributed by atoms with Crippen LogP contribution in [0.4, 0.5) is 16.2 Å². The monoisotopic (exact) mass is 747 g/mol. The van der Waals surface area contributed by atoms with Gasteiger partial charge < -0.3 is 47.0 Å². The van der Waals surface area contributed by atoms with E-state index in [1.807, 2.05) is 39.0 Å². The number of urea groups is 1. The van der Waals surface area contributed by atoms with Crippen molar-refractivity contribution in [2.24, 2.45) is 5.92 Å². The third-order valence-electron chi connectivity index (χ3n) is 9.01. The Labute approximate surface area is 314 Å². The summed E-state index contributed by atoms with van der Waals surface area (Å²) >= 11 is 0. The summed E-state index contributed by atoms with van der Waals surface area (Å²) in [4.78, 5) is 91.4. The number of terminal acetylenes is 1. The predicted octanol–water partition coefficient (Wildman–Crippen LogP) is 1.85. The van der Waals surface area contributed by atoms with Crippen LogP contribution in [0, 0.1) is 25.2 Å². The summed E-state index contributed by atoms with van der Waals surface area (Å²) in [7, 11) is 1.43. The van der Waals surface area contributed by atoms with Crippen molar-refractivity contribution in [2.75, 3.05) is 30.8 Å². The molecule has 3 atom stereocenters. The summed E-state index contributed by atoms with van der Waals surface area (Å²) in [5, 5.41) is 35.3. The lowest BCUT2D eigenvalue weighted by molar-refractivity contribution is -0.149. The second-order valence-corrected chi connectivity index (χ2v) is 13.7. The number of amides is 6. The summed E-state index contributed by atoms with van der Waals surface area (Å²) in [6.07, 6.45) is 4.47. The van der Waals surface area contributed by atoms with Crippen molar-refractivity contribution in [3.63, 3.8) is 0 Å². The number of benzene rings is 2. The van der Waals surface area contributed by atoms with Crippen LogP contribution in [-0.4, -0.2) is 101 Å². The second-order valence-electron chi connectivity index (χ2n) is 13.7. The zero-order valence-corrected chi connectivity index (χ0v) is 30.9. The van der Waals surface area contributed by atoms with Crippen LogP contribution in [0.15, 0.2) is 48.5 Å². The Bertz CT molecular complexity index is 1730. The van der Waals surface area contributed by atoms with E-state index in [2.05, 4.69) is 37.8 Å². The number of carbonyl (C=O) groups excluding carboxylic acids is 5. The van der Waals surface area contributed by atoms with Gasteiger partial charge in [-0.3, -0.25) is 24.0 Å². The molecule has 0 aliphatic carbocycles. The number of piperidine rings is 1. The molecule has 16 heteroatoms. The Morgan fingerprint density at radius 1 is 0.889 bits per heavy atom. The van der Waals surface area contributed by atoms with Gasteiger partial charge in [0.2, 0.25) is 23.6 Å². The number of likely N-dealkylation sites (N-methyl/N-ethyl adjacent to an activating group) is 1. The van der Waals surface area contributed by atoms with Crippen LogP contribution in [0.5, 0.6) is 0 Å². The Balaban J connectivity index is 1.69. The number of hydrogen-bond donors (Lipinski definition) is 8. The van der Waals surface area contributed by atoms with Crippen LogP contribution in [0.3, 0.4) is 0 Å². The number of carbonyl (C=O) groups is 7. The van der Waals surface area contributed by atoms with E-state index in [0.29, 0.717) is 30.0 Å². The largest absolute Gasteiger partial charge is 0.481 e. The standard InChI is InChI=1S/C38H49N7O9/c1-6-9-28(34(50)44-38(36(52)53)16-18-39-19-17-38)41-33(49)29(22-32(47)48)42-35(51)30(20-23(2)3)45(5)31(46)21-25-12-14-26(15-13-25)40-37(54)43-27-11-8-7-10-24(27)4/h1,7-8,10-15,23,28-30,39H,9,16-22H2,2-5H3,(H,41,49)(H,42,51)(H,44,50)(H,47,48)(H,52,53)(H2,40,43,54)/t28-,29+,30+/m1/s1. The first-order valence-corrected chi connectivity index (χ1v) is 17.6. The van der Waals surface area contributed by atoms with Gasteiger partial charge in [0.1, 0.15) is 23.7 Å². The van der Waals surface area contributed by atoms with Gasteiger partial charge in [-0.2, -0.15) is 0 Å². The van der Waals surface area contributed by atoms with Gasteiger partial charge in [-0.1, -0.05) is 44.2 Å². The Morgan fingerprint density at radius 2 is 1.52 bits per heavy atom. The molecule has 1 saturated heterocycles. The minimum Gasteiger partial charge on any atom is -0.481 e. The van der Waals surface area contributed by atoms with Gasteiger partial charge in [-0.15, -0.1) is 12.3 Å². The highest BCUT2D eigenvalue weighted by Gasteiger charge is 2.43. The molecule has 1 heterocycles. The number of nitrogens with one attached hydrogen (secondary N) is 6. The molecule has 8 N–H and O–H groups in total. The molecule has 1 fully saturated rings. The number of aryl methyl sites for hydroxylation is 1. The molecule has 1 aliphatic heterocycles. The lowest BCUT2D eigenvalue weighted by Gasteiger charge is -2.35. The third kappa shape index (κ3) is 12.3. The highest BCUT2D eigenvalue weighted by atomic mass is 16.4. The molecule has 0 bridgehead atoms. The number of carboxylic acid groups (broad SMARTS) is 2. The summed E-state index contributed by atoms with van der Waals surface area (Å²) in [5.74, 6) is -3.66. The van der Waals surface area contributed by atoms with E-state index in [4.69, 9.17) is 6.42 Å². The summed E-state index contributed by atoms with van der Waals surface area (Å²) < 4.78 is 0. The number of rotatable bonds is 17. The first kappa shape index (κ1) is 42.5. The molecular formula is C38H49N7O9. The molecule has 0 radical (unpaired) electrons. The molecule has 2 aromatic carbocycles. The van der Waals surface area contributed by atoms with Gasteiger partial charge in [0.25, 0.3) is 0 Å². The maximum Gasteiger partial charge on any atom is 0.329 e. The quantitative estimate of drug-likeness (QED) is 0.109. The zero-order chi connectivity index (χ0) is 40.0. The van der Waals surface area contributed by atoms with Crippen LogP contribution in [0.25, 0.3) is 0 Å². The Kier molecular flexibility index (Phi) is 15.5. The van der Waals surface area contributed by atoms with Gasteiger partial charge in [-0.25, -0.2) is 9.59 Å². The predicted molar refractivity (Wildman–Crippen MR) is 200 cm³/mol. The van der Waals surface area contributed by atoms with E-state index in [1.165, 1.54) is 11.9 Å². The lowest BCUT2D eigenvalue weighted by atomic mass is 9.88. The highest BCUT2D eigenvalue weighted by molar-refractivity contribution is 6.00. The number of anilines is 2. The van der Waals surface area contributed by atoms with Crippen LogP contribution < -0.4 is 31.9 Å². The molecule has 0 unspecified atom stereocenters. The van der Waals surface area contributed by atoms with Crippen molar-refractivity contribution in [1.82, 2.24) is 26.2 Å². The second kappa shape index (κ2) is 19.8. The highest BCUT2D eigenvalue weighted by Crippen LogP contribution is 2.20. The molecule has 1 aliphatic rings. The SMILES string of the molecule is C#CC[C@@H](NC(=O)[C@H](CC(=O)O)NC(=O)[C@H](CC(C)C)N(C)C(=O)Cc1ccc(NC(=O)Nc2ccccc2C)cc1)C(=O)NC1(C(=O)O)CCNCC1. The fourth-order valence-electron chi connectivity index (χ4n) is 5.88. The number of aliphatic carboxylic acids is 2. The number of nitrogens with zero attached hydrogens (tertiary/aromatic N) is 1. The fourth-order valence-corrected chi connectivity index (χ4v) is 5.88. The Hall–Kier alpha value is -5.95. The van der Waals surface area contributed by atoms with Crippen molar-refractivity contribution in [1.29, 1.82) is 0 Å². The minimum atomic E-state index is -1.67. The van der Waals surface area contributed by atoms with Crippen LogP contribution in [0.1, 0.15) is 57.1 Å². The molecule has 0 spiro atoms. The van der Waals surface area contributed by atoms with Crippen molar-refractivity contribution < 1.29 is 43.8 Å². The third-order valence-corrected chi connectivity index (χ3v) is 9.01. The number of para-hydroxylation sites is 1. The fraction of sp³-hybridized carbons (Fsp3) is 0.447. The number of hydrogen-bond acceptors (Lipinski definition) is 8. The zero-order valence-electron chi connectivity index (χ0n) is 30.9. The van der Waals surface area contributed by atoms with Gasteiger partial charge in [0, 0.05) is 24.8 Å². The summed E-state index contributed by atoms with van der Waals surface area (Å²) in [5.41, 5.74) is 1.05. The average molecular weight is 748 g/mol. The molecule has 0 aromatic heterocycles. The molecule has 16 nitrogen and oxygen atoms in total. The van der Waals surface area contributed by atoms with Crippen molar-refractivity contribution >= 4 is 53.0 Å². The Morgan fingerprint density at radius 3 is 2.09 bits per heavy atom. The topological polar surface area (TPSA) is 235 Å². The maximum absolute atomic E-state index is 13.7. The van der Waals surface area contributed by atoms with Gasteiger partial charge in [0.05, 0.1) is 12.8 Å². The smallest absolute Gasteiger partial charge is 0.329 e. The van der Waals surface area contributed by atoms with E-state index < -0.39 is 71.7 Å². The summed E-state index contributed by atoms with van der Waals surface area (Å²) in [6, 6.07) is 9.26. The normalized spacial score (nSPS) is 15.0. The number of carboxylic acids is 2. The van der Waals surface area contributed by atoms with Gasteiger partial charge in [-0.05, 0) is 74.5 Å². The molecule has 3 rings (SSSR count). The average Bonchev–Trinajstić information content (AvgIpc) is 3.11. The summed E-state index contributed by atoms with van der Waals surface area (Å²) in [6.45, 7) is 6.19. The molecule has 0 saturated carbocycles. The minimum absolute atomic E-state index is 0.0855. The van der Waals surface area contributed by atoms with Crippen LogP contribution in [-0.2, 0) is 35.2 Å². The van der Waals surface area contributed by atoms with E-state index >= 15 is 0 Å². The van der Waals surface area contributed by atoms with Crippen molar-refractivity contribution in [3.8, 4) is 12.3 Å². The maximum atomic E-state index is 13.7. The van der Waals surface area contributed by atoms with E-state index in [9.17, 15) is 43.8 Å². The molecule has 54 heavy (non-hydrogen) atoms. The van der Waals surface area contributed by atoms with Crippen molar-refractivity contribution in [2.45, 2.75) is 83.0 Å². The molecular weight excluding hydrogens is 698 g/mol. The van der Waals surface area contributed by atoms with Gasteiger partial charge in [0.15, 0.2) is 0 Å². The van der Waals surface area contributed by atoms with E-state index in [0.717, 1.165) is 5.56 Å². The molecule has 290 valence electrons. The van der Waals surface area contributed by atoms with E-state index in [-0.39, 0.29) is 38.0 Å². The van der Waals surface area contributed by atoms with E-state index in [1.54, 1.807) is 30.3 Å². The first-order valence-electron chi connectivity index (χ1n) is 17.6. The first-order chi connectivity index (χ1) is 25.5. The van der Waals surface area contributed by atoms with Crippen molar-refractivity contribution in [3.05, 3.63) is 59.7 Å².